The van der Waals surface area contributed by atoms with Crippen LogP contribution in [0.2, 0.25) is 0 Å². The van der Waals surface area contributed by atoms with Crippen LogP contribution >= 0.6 is 0 Å². The molecule has 5 heteroatoms. The summed E-state index contributed by atoms with van der Waals surface area (Å²) in [4.78, 5) is 16.4. The minimum Gasteiger partial charge on any atom is -0.468 e. The number of esters is 1. The predicted molar refractivity (Wildman–Crippen MR) is 77.2 cm³/mol. The zero-order valence-corrected chi connectivity index (χ0v) is 12.8. The summed E-state index contributed by atoms with van der Waals surface area (Å²) in [5.74, 6) is -0.142. The zero-order chi connectivity index (χ0) is 14.3. The highest BCUT2D eigenvalue weighted by Gasteiger charge is 2.25. The molecule has 2 atom stereocenters. The molecule has 0 saturated carbocycles. The van der Waals surface area contributed by atoms with Crippen molar-refractivity contribution in [2.24, 2.45) is 0 Å². The number of nitrogens with one attached hydrogen (secondary N) is 1. The van der Waals surface area contributed by atoms with Gasteiger partial charge in [0.05, 0.1) is 7.11 Å². The summed E-state index contributed by atoms with van der Waals surface area (Å²) in [6.45, 7) is 6.16. The molecule has 1 saturated heterocycles. The second kappa shape index (κ2) is 8.51. The van der Waals surface area contributed by atoms with Crippen LogP contribution in [0.1, 0.15) is 26.2 Å². The molecule has 0 aromatic rings. The minimum atomic E-state index is -0.164. The summed E-state index contributed by atoms with van der Waals surface area (Å²) < 4.78 is 4.86. The Kier molecular flexibility index (Phi) is 7.34. The fraction of sp³-hybridized carbons (Fsp3) is 0.929. The van der Waals surface area contributed by atoms with E-state index in [4.69, 9.17) is 4.74 Å². The maximum absolute atomic E-state index is 11.7. The normalized spacial score (nSPS) is 21.8. The van der Waals surface area contributed by atoms with Gasteiger partial charge in [-0.05, 0) is 46.4 Å². The van der Waals surface area contributed by atoms with Gasteiger partial charge in [0, 0.05) is 19.1 Å². The van der Waals surface area contributed by atoms with Gasteiger partial charge in [-0.15, -0.1) is 0 Å². The SMILES string of the molecule is CCCNC(CCN1CCC(N(C)C)C1)C(=O)OC. The molecule has 19 heavy (non-hydrogen) atoms. The Labute approximate surface area is 117 Å². The van der Waals surface area contributed by atoms with Gasteiger partial charge < -0.3 is 19.9 Å². The van der Waals surface area contributed by atoms with Crippen LogP contribution in [0.15, 0.2) is 0 Å². The third-order valence-corrected chi connectivity index (χ3v) is 3.84. The van der Waals surface area contributed by atoms with E-state index < -0.39 is 0 Å². The van der Waals surface area contributed by atoms with Crippen LogP contribution in [0.4, 0.5) is 0 Å². The number of rotatable bonds is 8. The van der Waals surface area contributed by atoms with Crippen LogP contribution in [0.25, 0.3) is 0 Å². The molecule has 0 spiro atoms. The molecule has 2 unspecified atom stereocenters. The van der Waals surface area contributed by atoms with Crippen molar-refractivity contribution in [3.05, 3.63) is 0 Å². The van der Waals surface area contributed by atoms with Gasteiger partial charge in [-0.1, -0.05) is 6.92 Å². The maximum atomic E-state index is 11.7. The molecule has 0 aliphatic carbocycles. The van der Waals surface area contributed by atoms with Crippen LogP contribution < -0.4 is 5.32 Å². The molecule has 1 aliphatic heterocycles. The highest BCUT2D eigenvalue weighted by Crippen LogP contribution is 2.13. The van der Waals surface area contributed by atoms with Gasteiger partial charge in [0.15, 0.2) is 0 Å². The van der Waals surface area contributed by atoms with Crippen molar-refractivity contribution >= 4 is 5.97 Å². The van der Waals surface area contributed by atoms with Crippen LogP contribution in [-0.2, 0) is 9.53 Å². The highest BCUT2D eigenvalue weighted by molar-refractivity contribution is 5.75. The predicted octanol–water partition coefficient (Wildman–Crippen LogP) is 0.554. The third-order valence-electron chi connectivity index (χ3n) is 3.84. The van der Waals surface area contributed by atoms with Gasteiger partial charge in [-0.2, -0.15) is 0 Å². The summed E-state index contributed by atoms with van der Waals surface area (Å²) in [6, 6.07) is 0.489. The molecule has 0 aromatic heterocycles. The van der Waals surface area contributed by atoms with E-state index in [0.29, 0.717) is 6.04 Å². The van der Waals surface area contributed by atoms with E-state index in [1.165, 1.54) is 13.5 Å². The van der Waals surface area contributed by atoms with Crippen molar-refractivity contribution in [2.45, 2.75) is 38.3 Å². The number of ether oxygens (including phenoxy) is 1. The number of carbonyl (C=O) groups excluding carboxylic acids is 1. The van der Waals surface area contributed by atoms with E-state index in [0.717, 1.165) is 39.0 Å². The fourth-order valence-electron chi connectivity index (χ4n) is 2.51. The molecular formula is C14H29N3O2. The lowest BCUT2D eigenvalue weighted by atomic mass is 10.2. The first-order chi connectivity index (χ1) is 9.08. The first-order valence-electron chi connectivity index (χ1n) is 7.28. The standard InChI is InChI=1S/C14H29N3O2/c1-5-8-15-13(14(18)19-4)7-10-17-9-6-12(11-17)16(2)3/h12-13,15H,5-11H2,1-4H3. The Hall–Kier alpha value is -0.650. The second-order valence-corrected chi connectivity index (χ2v) is 5.53. The number of methoxy groups -OCH3 is 1. The molecule has 112 valence electrons. The summed E-state index contributed by atoms with van der Waals surface area (Å²) in [5.41, 5.74) is 0. The van der Waals surface area contributed by atoms with Crippen molar-refractivity contribution in [1.82, 2.24) is 15.1 Å². The molecule has 0 amide bonds. The van der Waals surface area contributed by atoms with E-state index in [2.05, 4.69) is 36.1 Å². The summed E-state index contributed by atoms with van der Waals surface area (Å²) >= 11 is 0. The van der Waals surface area contributed by atoms with Crippen LogP contribution in [0.5, 0.6) is 0 Å². The van der Waals surface area contributed by atoms with Crippen LogP contribution in [-0.4, -0.2) is 75.2 Å². The van der Waals surface area contributed by atoms with E-state index in [1.54, 1.807) is 0 Å². The lowest BCUT2D eigenvalue weighted by Gasteiger charge is -2.22. The monoisotopic (exact) mass is 271 g/mol. The first-order valence-corrected chi connectivity index (χ1v) is 7.28. The Morgan fingerprint density at radius 2 is 2.26 bits per heavy atom. The maximum Gasteiger partial charge on any atom is 0.322 e. The summed E-state index contributed by atoms with van der Waals surface area (Å²) in [6.07, 6.45) is 3.07. The summed E-state index contributed by atoms with van der Waals surface area (Å²) in [7, 11) is 5.73. The van der Waals surface area contributed by atoms with E-state index in [-0.39, 0.29) is 12.0 Å². The minimum absolute atomic E-state index is 0.142. The van der Waals surface area contributed by atoms with Gasteiger partial charge in [0.2, 0.25) is 0 Å². The number of likely N-dealkylation sites (N-methyl/N-ethyl adjacent to an activating group) is 1. The number of hydrogen-bond acceptors (Lipinski definition) is 5. The van der Waals surface area contributed by atoms with Gasteiger partial charge in [-0.25, -0.2) is 0 Å². The quantitative estimate of drug-likeness (QED) is 0.653. The van der Waals surface area contributed by atoms with Crippen LogP contribution in [0, 0.1) is 0 Å². The van der Waals surface area contributed by atoms with Gasteiger partial charge in [-0.3, -0.25) is 4.79 Å². The molecule has 1 N–H and O–H groups in total. The molecular weight excluding hydrogens is 242 g/mol. The van der Waals surface area contributed by atoms with Crippen molar-refractivity contribution < 1.29 is 9.53 Å². The van der Waals surface area contributed by atoms with Crippen molar-refractivity contribution in [2.75, 3.05) is 47.4 Å². The van der Waals surface area contributed by atoms with Crippen molar-refractivity contribution in [3.8, 4) is 0 Å². The molecule has 0 aromatic carbocycles. The van der Waals surface area contributed by atoms with E-state index in [9.17, 15) is 4.79 Å². The molecule has 1 rings (SSSR count). The molecule has 0 bridgehead atoms. The average molecular weight is 271 g/mol. The molecule has 0 radical (unpaired) electrons. The highest BCUT2D eigenvalue weighted by atomic mass is 16.5. The lowest BCUT2D eigenvalue weighted by Crippen LogP contribution is -2.41. The number of nitrogens with zero attached hydrogens (tertiary/aromatic N) is 2. The zero-order valence-electron chi connectivity index (χ0n) is 12.8. The molecule has 1 fully saturated rings. The smallest absolute Gasteiger partial charge is 0.322 e. The van der Waals surface area contributed by atoms with Crippen molar-refractivity contribution in [1.29, 1.82) is 0 Å². The number of carbonyl (C=O) groups is 1. The van der Waals surface area contributed by atoms with Gasteiger partial charge >= 0.3 is 5.97 Å². The van der Waals surface area contributed by atoms with Gasteiger partial charge in [0.25, 0.3) is 0 Å². The van der Waals surface area contributed by atoms with Crippen LogP contribution in [0.3, 0.4) is 0 Å². The Morgan fingerprint density at radius 3 is 2.79 bits per heavy atom. The number of likely N-dealkylation sites (tertiary alicyclic amines) is 1. The fourth-order valence-corrected chi connectivity index (χ4v) is 2.51. The first kappa shape index (κ1) is 16.4. The Morgan fingerprint density at radius 1 is 1.53 bits per heavy atom. The largest absolute Gasteiger partial charge is 0.468 e. The number of hydrogen-bond donors (Lipinski definition) is 1. The lowest BCUT2D eigenvalue weighted by molar-refractivity contribution is -0.143. The Balaban J connectivity index is 2.33. The van der Waals surface area contributed by atoms with Crippen molar-refractivity contribution in [3.63, 3.8) is 0 Å². The second-order valence-electron chi connectivity index (χ2n) is 5.53. The van der Waals surface area contributed by atoms with E-state index in [1.807, 2.05) is 0 Å². The topological polar surface area (TPSA) is 44.8 Å². The molecule has 5 nitrogen and oxygen atoms in total. The third kappa shape index (κ3) is 5.47. The molecule has 1 aliphatic rings. The summed E-state index contributed by atoms with van der Waals surface area (Å²) in [5, 5.41) is 3.27. The average Bonchev–Trinajstić information content (AvgIpc) is 2.87. The van der Waals surface area contributed by atoms with Gasteiger partial charge in [0.1, 0.15) is 6.04 Å². The van der Waals surface area contributed by atoms with E-state index >= 15 is 0 Å². The Bertz CT molecular complexity index is 271. The molecule has 1 heterocycles.